The van der Waals surface area contributed by atoms with Crippen molar-refractivity contribution in [3.63, 3.8) is 0 Å². The van der Waals surface area contributed by atoms with Crippen molar-refractivity contribution < 1.29 is 4.79 Å². The van der Waals surface area contributed by atoms with Gasteiger partial charge in [-0.15, -0.1) is 0 Å². The van der Waals surface area contributed by atoms with Crippen molar-refractivity contribution in [3.8, 4) is 6.07 Å². The Bertz CT molecular complexity index is 255. The number of carbonyl (C=O) groups is 1. The summed E-state index contributed by atoms with van der Waals surface area (Å²) < 4.78 is 0. The number of rotatable bonds is 5. The molecule has 0 aliphatic heterocycles. The van der Waals surface area contributed by atoms with E-state index in [0.717, 1.165) is 6.42 Å². The summed E-state index contributed by atoms with van der Waals surface area (Å²) in [6, 6.07) is 1.97. The molecule has 4 heteroatoms. The van der Waals surface area contributed by atoms with E-state index in [0.29, 0.717) is 12.8 Å². The lowest BCUT2D eigenvalue weighted by molar-refractivity contribution is -0.137. The molecule has 2 atom stereocenters. The van der Waals surface area contributed by atoms with Gasteiger partial charge in [0.2, 0.25) is 5.91 Å². The molecule has 0 heterocycles. The molecule has 0 aromatic rings. The predicted molar refractivity (Wildman–Crippen MR) is 60.0 cm³/mol. The van der Waals surface area contributed by atoms with E-state index in [-0.39, 0.29) is 11.9 Å². The van der Waals surface area contributed by atoms with Crippen molar-refractivity contribution in [2.75, 3.05) is 7.05 Å². The normalized spacial score (nSPS) is 16.3. The number of hydrogen-bond donors (Lipinski definition) is 1. The fraction of sp³-hybridized carbons (Fsp3) is 0.818. The van der Waals surface area contributed by atoms with Gasteiger partial charge in [0.1, 0.15) is 0 Å². The molecule has 0 aromatic carbocycles. The predicted octanol–water partition coefficient (Wildman–Crippen LogP) is 1.26. The summed E-state index contributed by atoms with van der Waals surface area (Å²) in [5.74, 6) is -0.0906. The van der Waals surface area contributed by atoms with Gasteiger partial charge in [0.25, 0.3) is 0 Å². The standard InChI is InChI=1S/C11H21N3O/c1-5-7-11(3,13)10(15)14(4)9(2)6-8-12/h9H,5-7,13H2,1-4H3. The van der Waals surface area contributed by atoms with Crippen LogP contribution in [0, 0.1) is 11.3 Å². The second-order valence-electron chi connectivity index (χ2n) is 4.29. The van der Waals surface area contributed by atoms with Gasteiger partial charge in [-0.3, -0.25) is 4.79 Å². The van der Waals surface area contributed by atoms with Crippen molar-refractivity contribution in [1.29, 1.82) is 5.26 Å². The molecule has 0 rings (SSSR count). The van der Waals surface area contributed by atoms with Crippen LogP contribution in [-0.2, 0) is 4.79 Å². The van der Waals surface area contributed by atoms with Crippen molar-refractivity contribution in [1.82, 2.24) is 4.90 Å². The first-order valence-corrected chi connectivity index (χ1v) is 5.30. The zero-order valence-corrected chi connectivity index (χ0v) is 10.1. The van der Waals surface area contributed by atoms with Gasteiger partial charge in [-0.1, -0.05) is 13.3 Å². The average Bonchev–Trinajstić information content (AvgIpc) is 2.15. The van der Waals surface area contributed by atoms with Gasteiger partial charge in [-0.05, 0) is 20.3 Å². The number of likely N-dealkylation sites (N-methyl/N-ethyl adjacent to an activating group) is 1. The summed E-state index contributed by atoms with van der Waals surface area (Å²) in [6.07, 6.45) is 1.87. The molecule has 0 fully saturated rings. The Labute approximate surface area is 92.0 Å². The molecule has 1 amide bonds. The number of nitriles is 1. The molecule has 0 spiro atoms. The third-order valence-electron chi connectivity index (χ3n) is 2.63. The largest absolute Gasteiger partial charge is 0.340 e. The molecule has 2 N–H and O–H groups in total. The van der Waals surface area contributed by atoms with Crippen LogP contribution in [0.15, 0.2) is 0 Å². The maximum absolute atomic E-state index is 12.0. The highest BCUT2D eigenvalue weighted by molar-refractivity contribution is 5.85. The quantitative estimate of drug-likeness (QED) is 0.744. The molecule has 15 heavy (non-hydrogen) atoms. The zero-order valence-electron chi connectivity index (χ0n) is 10.1. The van der Waals surface area contributed by atoms with Crippen LogP contribution in [-0.4, -0.2) is 29.4 Å². The van der Waals surface area contributed by atoms with E-state index < -0.39 is 5.54 Å². The minimum absolute atomic E-state index is 0.0813. The highest BCUT2D eigenvalue weighted by Gasteiger charge is 2.31. The first-order chi connectivity index (χ1) is 6.86. The second kappa shape index (κ2) is 5.72. The number of amides is 1. The number of nitrogens with zero attached hydrogens (tertiary/aromatic N) is 2. The van der Waals surface area contributed by atoms with Crippen LogP contribution in [0.25, 0.3) is 0 Å². The van der Waals surface area contributed by atoms with Crippen LogP contribution in [0.1, 0.15) is 40.0 Å². The molecule has 0 saturated heterocycles. The lowest BCUT2D eigenvalue weighted by Gasteiger charge is -2.32. The minimum Gasteiger partial charge on any atom is -0.340 e. The van der Waals surface area contributed by atoms with Crippen LogP contribution >= 0.6 is 0 Å². The summed E-state index contributed by atoms with van der Waals surface area (Å²) in [6.45, 7) is 5.59. The van der Waals surface area contributed by atoms with Gasteiger partial charge in [0, 0.05) is 13.1 Å². The van der Waals surface area contributed by atoms with Crippen LogP contribution in [0.4, 0.5) is 0 Å². The van der Waals surface area contributed by atoms with E-state index in [1.807, 2.05) is 13.8 Å². The maximum atomic E-state index is 12.0. The van der Waals surface area contributed by atoms with E-state index in [1.54, 1.807) is 18.9 Å². The summed E-state index contributed by atoms with van der Waals surface area (Å²) in [7, 11) is 1.70. The van der Waals surface area contributed by atoms with Crippen LogP contribution in [0.5, 0.6) is 0 Å². The lowest BCUT2D eigenvalue weighted by atomic mass is 9.95. The zero-order chi connectivity index (χ0) is 12.1. The monoisotopic (exact) mass is 211 g/mol. The average molecular weight is 211 g/mol. The third kappa shape index (κ3) is 3.88. The Morgan fingerprint density at radius 3 is 2.60 bits per heavy atom. The first-order valence-electron chi connectivity index (χ1n) is 5.30. The summed E-state index contributed by atoms with van der Waals surface area (Å²) in [4.78, 5) is 13.5. The first kappa shape index (κ1) is 13.9. The molecule has 4 nitrogen and oxygen atoms in total. The number of hydrogen-bond acceptors (Lipinski definition) is 3. The summed E-state index contributed by atoms with van der Waals surface area (Å²) >= 11 is 0. The molecule has 86 valence electrons. The lowest BCUT2D eigenvalue weighted by Crippen LogP contribution is -2.54. The van der Waals surface area contributed by atoms with Crippen molar-refractivity contribution >= 4 is 5.91 Å². The van der Waals surface area contributed by atoms with Gasteiger partial charge in [-0.25, -0.2) is 0 Å². The van der Waals surface area contributed by atoms with Gasteiger partial charge < -0.3 is 10.6 Å². The van der Waals surface area contributed by atoms with Gasteiger partial charge >= 0.3 is 0 Å². The minimum atomic E-state index is -0.812. The smallest absolute Gasteiger partial charge is 0.242 e. The highest BCUT2D eigenvalue weighted by Crippen LogP contribution is 2.14. The Balaban J connectivity index is 4.50. The molecule has 0 aliphatic carbocycles. The Morgan fingerprint density at radius 2 is 2.20 bits per heavy atom. The summed E-state index contributed by atoms with van der Waals surface area (Å²) in [5.41, 5.74) is 5.12. The molecule has 0 aliphatic rings. The van der Waals surface area contributed by atoms with Crippen LogP contribution in [0.2, 0.25) is 0 Å². The molecule has 0 aromatic heterocycles. The fourth-order valence-electron chi connectivity index (χ4n) is 1.50. The Morgan fingerprint density at radius 1 is 1.67 bits per heavy atom. The van der Waals surface area contributed by atoms with E-state index in [1.165, 1.54) is 0 Å². The molecule has 0 bridgehead atoms. The van der Waals surface area contributed by atoms with Gasteiger partial charge in [0.15, 0.2) is 0 Å². The molecule has 0 radical (unpaired) electrons. The Hall–Kier alpha value is -1.08. The number of carbonyl (C=O) groups excluding carboxylic acids is 1. The highest BCUT2D eigenvalue weighted by atomic mass is 16.2. The van der Waals surface area contributed by atoms with E-state index in [9.17, 15) is 4.79 Å². The van der Waals surface area contributed by atoms with Crippen molar-refractivity contribution in [3.05, 3.63) is 0 Å². The van der Waals surface area contributed by atoms with Crippen molar-refractivity contribution in [2.45, 2.75) is 51.6 Å². The van der Waals surface area contributed by atoms with E-state index >= 15 is 0 Å². The van der Waals surface area contributed by atoms with Gasteiger partial charge in [0.05, 0.1) is 18.0 Å². The SMILES string of the molecule is CCCC(C)(N)C(=O)N(C)C(C)CC#N. The topological polar surface area (TPSA) is 70.1 Å². The van der Waals surface area contributed by atoms with E-state index in [2.05, 4.69) is 6.07 Å². The van der Waals surface area contributed by atoms with Crippen LogP contribution in [0.3, 0.4) is 0 Å². The van der Waals surface area contributed by atoms with Gasteiger partial charge in [-0.2, -0.15) is 5.26 Å². The third-order valence-corrected chi connectivity index (χ3v) is 2.63. The van der Waals surface area contributed by atoms with E-state index in [4.69, 9.17) is 11.0 Å². The Kier molecular flexibility index (Phi) is 5.31. The van der Waals surface area contributed by atoms with Crippen LogP contribution < -0.4 is 5.73 Å². The number of nitrogens with two attached hydrogens (primary N) is 1. The molecule has 0 saturated carbocycles. The molecule has 2 unspecified atom stereocenters. The van der Waals surface area contributed by atoms with Crippen molar-refractivity contribution in [2.24, 2.45) is 5.73 Å². The fourth-order valence-corrected chi connectivity index (χ4v) is 1.50. The molecular weight excluding hydrogens is 190 g/mol. The summed E-state index contributed by atoms with van der Waals surface area (Å²) in [5, 5.41) is 8.55. The second-order valence-corrected chi connectivity index (χ2v) is 4.29. The maximum Gasteiger partial charge on any atom is 0.242 e. The molecular formula is C11H21N3O.